The minimum absolute atomic E-state index is 0.775. The molecule has 3 nitrogen and oxygen atoms in total. The van der Waals surface area contributed by atoms with Gasteiger partial charge in [0.05, 0.1) is 7.11 Å². The molecule has 2 saturated heterocycles. The molecule has 2 heterocycles. The number of likely N-dealkylation sites (N-methyl/N-ethyl adjacent to an activating group) is 1. The monoisotopic (exact) mass is 246 g/mol. The van der Waals surface area contributed by atoms with E-state index in [9.17, 15) is 0 Å². The summed E-state index contributed by atoms with van der Waals surface area (Å²) in [5.41, 5.74) is 1.39. The SMILES string of the molecule is COc1ccc(CN2CC[C@H]3[C@H]2CCN3C)cc1. The molecule has 0 bridgehead atoms. The van der Waals surface area contributed by atoms with Crippen LogP contribution in [0, 0.1) is 0 Å². The van der Waals surface area contributed by atoms with E-state index in [1.54, 1.807) is 7.11 Å². The molecule has 2 aliphatic rings. The number of ether oxygens (including phenoxy) is 1. The number of methoxy groups -OCH3 is 1. The van der Waals surface area contributed by atoms with Crippen molar-refractivity contribution < 1.29 is 4.74 Å². The number of benzene rings is 1. The van der Waals surface area contributed by atoms with E-state index >= 15 is 0 Å². The molecular formula is C15H22N2O. The van der Waals surface area contributed by atoms with Crippen LogP contribution in [-0.2, 0) is 6.54 Å². The molecule has 0 saturated carbocycles. The second-order valence-corrected chi connectivity index (χ2v) is 5.51. The van der Waals surface area contributed by atoms with E-state index in [2.05, 4.69) is 41.1 Å². The van der Waals surface area contributed by atoms with E-state index in [1.165, 1.54) is 31.5 Å². The van der Waals surface area contributed by atoms with Crippen molar-refractivity contribution in [2.24, 2.45) is 0 Å². The second-order valence-electron chi connectivity index (χ2n) is 5.51. The Hall–Kier alpha value is -1.06. The zero-order valence-corrected chi connectivity index (χ0v) is 11.3. The lowest BCUT2D eigenvalue weighted by Gasteiger charge is -2.24. The lowest BCUT2D eigenvalue weighted by atomic mass is 10.1. The average Bonchev–Trinajstić information content (AvgIpc) is 2.95. The molecular weight excluding hydrogens is 224 g/mol. The lowest BCUT2D eigenvalue weighted by Crippen LogP contribution is -2.34. The molecule has 0 N–H and O–H groups in total. The largest absolute Gasteiger partial charge is 0.497 e. The predicted molar refractivity (Wildman–Crippen MR) is 72.8 cm³/mol. The molecule has 0 aliphatic carbocycles. The van der Waals surface area contributed by atoms with Crippen LogP contribution in [0.5, 0.6) is 5.75 Å². The first-order chi connectivity index (χ1) is 8.78. The van der Waals surface area contributed by atoms with Gasteiger partial charge in [0.2, 0.25) is 0 Å². The van der Waals surface area contributed by atoms with Crippen molar-refractivity contribution in [2.45, 2.75) is 31.5 Å². The summed E-state index contributed by atoms with van der Waals surface area (Å²) in [6.07, 6.45) is 2.66. The van der Waals surface area contributed by atoms with Crippen LogP contribution < -0.4 is 4.74 Å². The van der Waals surface area contributed by atoms with Gasteiger partial charge in [0.15, 0.2) is 0 Å². The van der Waals surface area contributed by atoms with Crippen LogP contribution in [0.15, 0.2) is 24.3 Å². The Morgan fingerprint density at radius 1 is 1.11 bits per heavy atom. The summed E-state index contributed by atoms with van der Waals surface area (Å²) in [5.74, 6) is 0.943. The zero-order chi connectivity index (χ0) is 12.5. The van der Waals surface area contributed by atoms with Gasteiger partial charge in [-0.05, 0) is 44.1 Å². The fourth-order valence-electron chi connectivity index (χ4n) is 3.45. The van der Waals surface area contributed by atoms with E-state index in [4.69, 9.17) is 4.74 Å². The van der Waals surface area contributed by atoms with Crippen molar-refractivity contribution in [1.82, 2.24) is 9.80 Å². The maximum Gasteiger partial charge on any atom is 0.118 e. The molecule has 1 aromatic carbocycles. The molecule has 98 valence electrons. The van der Waals surface area contributed by atoms with Crippen molar-refractivity contribution in [3.8, 4) is 5.75 Å². The maximum atomic E-state index is 5.20. The second kappa shape index (κ2) is 4.90. The highest BCUT2D eigenvalue weighted by Gasteiger charge is 2.40. The molecule has 2 fully saturated rings. The van der Waals surface area contributed by atoms with Crippen molar-refractivity contribution in [2.75, 3.05) is 27.2 Å². The van der Waals surface area contributed by atoms with Crippen LogP contribution in [0.1, 0.15) is 18.4 Å². The maximum absolute atomic E-state index is 5.20. The topological polar surface area (TPSA) is 15.7 Å². The van der Waals surface area contributed by atoms with Crippen LogP contribution in [0.2, 0.25) is 0 Å². The van der Waals surface area contributed by atoms with Crippen molar-refractivity contribution >= 4 is 0 Å². The van der Waals surface area contributed by atoms with Crippen LogP contribution in [0.4, 0.5) is 0 Å². The summed E-state index contributed by atoms with van der Waals surface area (Å²) in [7, 11) is 3.98. The van der Waals surface area contributed by atoms with Crippen LogP contribution in [-0.4, -0.2) is 49.1 Å². The fraction of sp³-hybridized carbons (Fsp3) is 0.600. The van der Waals surface area contributed by atoms with Crippen molar-refractivity contribution in [1.29, 1.82) is 0 Å². The van der Waals surface area contributed by atoms with Gasteiger partial charge in [0.25, 0.3) is 0 Å². The number of hydrogen-bond acceptors (Lipinski definition) is 3. The molecule has 3 rings (SSSR count). The molecule has 0 unspecified atom stereocenters. The third-order valence-corrected chi connectivity index (χ3v) is 4.51. The quantitative estimate of drug-likeness (QED) is 0.811. The summed E-state index contributed by atoms with van der Waals surface area (Å²) in [4.78, 5) is 5.18. The van der Waals surface area contributed by atoms with Gasteiger partial charge in [-0.2, -0.15) is 0 Å². The van der Waals surface area contributed by atoms with Gasteiger partial charge in [-0.1, -0.05) is 12.1 Å². The van der Waals surface area contributed by atoms with Crippen LogP contribution in [0.25, 0.3) is 0 Å². The lowest BCUT2D eigenvalue weighted by molar-refractivity contribution is 0.232. The highest BCUT2D eigenvalue weighted by Crippen LogP contribution is 2.31. The first kappa shape index (κ1) is 12.0. The van der Waals surface area contributed by atoms with Crippen molar-refractivity contribution in [3.05, 3.63) is 29.8 Å². The third kappa shape index (κ3) is 2.13. The Balaban J connectivity index is 1.66. The standard InChI is InChI=1S/C15H22N2O/c1-16-9-7-15-14(16)8-10-17(15)11-12-3-5-13(18-2)6-4-12/h3-6,14-15H,7-11H2,1-2H3/t14-,15+/m0/s1. The molecule has 0 radical (unpaired) electrons. The summed E-state index contributed by atoms with van der Waals surface area (Å²) < 4.78 is 5.20. The third-order valence-electron chi connectivity index (χ3n) is 4.51. The van der Waals surface area contributed by atoms with E-state index in [0.29, 0.717) is 0 Å². The summed E-state index contributed by atoms with van der Waals surface area (Å²) >= 11 is 0. The Morgan fingerprint density at radius 3 is 2.56 bits per heavy atom. The van der Waals surface area contributed by atoms with Gasteiger partial charge in [-0.15, -0.1) is 0 Å². The average molecular weight is 246 g/mol. The molecule has 0 amide bonds. The first-order valence-electron chi connectivity index (χ1n) is 6.85. The molecule has 0 spiro atoms. The number of likely N-dealkylation sites (tertiary alicyclic amines) is 2. The smallest absolute Gasteiger partial charge is 0.118 e. The molecule has 1 aromatic rings. The zero-order valence-electron chi connectivity index (χ0n) is 11.3. The summed E-state index contributed by atoms with van der Waals surface area (Å²) in [6.45, 7) is 3.58. The Labute approximate surface area is 109 Å². The summed E-state index contributed by atoms with van der Waals surface area (Å²) in [6, 6.07) is 10.1. The minimum Gasteiger partial charge on any atom is -0.497 e. The first-order valence-corrected chi connectivity index (χ1v) is 6.85. The Bertz CT molecular complexity index is 403. The molecule has 18 heavy (non-hydrogen) atoms. The van der Waals surface area contributed by atoms with Crippen molar-refractivity contribution in [3.63, 3.8) is 0 Å². The van der Waals surface area contributed by atoms with Crippen LogP contribution in [0.3, 0.4) is 0 Å². The minimum atomic E-state index is 0.775. The molecule has 2 atom stereocenters. The molecule has 0 aromatic heterocycles. The molecule has 2 aliphatic heterocycles. The van der Waals surface area contributed by atoms with Gasteiger partial charge in [-0.25, -0.2) is 0 Å². The van der Waals surface area contributed by atoms with Gasteiger partial charge < -0.3 is 9.64 Å². The highest BCUT2D eigenvalue weighted by atomic mass is 16.5. The van der Waals surface area contributed by atoms with Gasteiger partial charge in [0.1, 0.15) is 5.75 Å². The van der Waals surface area contributed by atoms with Gasteiger partial charge >= 0.3 is 0 Å². The Kier molecular flexibility index (Phi) is 3.27. The highest BCUT2D eigenvalue weighted by molar-refractivity contribution is 5.27. The van der Waals surface area contributed by atoms with E-state index in [-0.39, 0.29) is 0 Å². The predicted octanol–water partition coefficient (Wildman–Crippen LogP) is 1.97. The van der Waals surface area contributed by atoms with Gasteiger partial charge in [-0.3, -0.25) is 4.90 Å². The fourth-order valence-corrected chi connectivity index (χ4v) is 3.45. The van der Waals surface area contributed by atoms with E-state index in [1.807, 2.05) is 0 Å². The van der Waals surface area contributed by atoms with Gasteiger partial charge in [0, 0.05) is 25.2 Å². The number of fused-ring (bicyclic) bond motifs is 1. The van der Waals surface area contributed by atoms with E-state index in [0.717, 1.165) is 24.4 Å². The molecule has 3 heteroatoms. The number of rotatable bonds is 3. The summed E-state index contributed by atoms with van der Waals surface area (Å²) in [5, 5.41) is 0. The normalized spacial score (nSPS) is 28.6. The Morgan fingerprint density at radius 2 is 1.83 bits per heavy atom. The number of hydrogen-bond donors (Lipinski definition) is 0. The number of nitrogens with zero attached hydrogens (tertiary/aromatic N) is 2. The van der Waals surface area contributed by atoms with E-state index < -0.39 is 0 Å². The van der Waals surface area contributed by atoms with Crippen LogP contribution >= 0.6 is 0 Å².